The number of fused-ring (bicyclic) bond motifs is 2. The topological polar surface area (TPSA) is 52.2 Å². The molecule has 5 rings (SSSR count). The Morgan fingerprint density at radius 2 is 2.03 bits per heavy atom. The van der Waals surface area contributed by atoms with Gasteiger partial charge in [-0.05, 0) is 23.8 Å². The number of nitrogens with one attached hydrogen (secondary N) is 1. The van der Waals surface area contributed by atoms with Gasteiger partial charge in [0.25, 0.3) is 5.92 Å². The third-order valence-electron chi connectivity index (χ3n) is 4.61. The lowest BCUT2D eigenvalue weighted by molar-refractivity contribution is 0.0248. The minimum atomic E-state index is -2.85. The molecule has 2 aromatic carbocycles. The Bertz CT molecular complexity index is 1140. The van der Waals surface area contributed by atoms with Crippen molar-refractivity contribution < 1.29 is 17.9 Å². The van der Waals surface area contributed by atoms with Crippen LogP contribution in [0.15, 0.2) is 70.4 Å². The van der Waals surface area contributed by atoms with Gasteiger partial charge in [-0.2, -0.15) is 0 Å². The molecule has 1 N–H and O–H groups in total. The van der Waals surface area contributed by atoms with Crippen molar-refractivity contribution in [3.63, 3.8) is 0 Å². The van der Waals surface area contributed by atoms with Gasteiger partial charge in [0, 0.05) is 18.4 Å². The number of halogens is 2. The number of hydrogen-bond donors (Lipinski definition) is 1. The average Bonchev–Trinajstić information content (AvgIpc) is 3.38. The molecule has 0 spiro atoms. The number of ether oxygens (including phenoxy) is 1. The highest BCUT2D eigenvalue weighted by atomic mass is 32.2. The summed E-state index contributed by atoms with van der Waals surface area (Å²) in [4.78, 5) is 4.42. The zero-order chi connectivity index (χ0) is 20.0. The second kappa shape index (κ2) is 6.81. The van der Waals surface area contributed by atoms with Crippen LogP contribution in [0.25, 0.3) is 22.4 Å². The summed E-state index contributed by atoms with van der Waals surface area (Å²) in [6.07, 6.45) is 1.67. The van der Waals surface area contributed by atoms with Gasteiger partial charge in [-0.1, -0.05) is 42.1 Å². The number of nitrogens with zero attached hydrogens (tertiary/aromatic N) is 2. The third kappa shape index (κ3) is 3.55. The van der Waals surface area contributed by atoms with Gasteiger partial charge in [0.05, 0.1) is 6.20 Å². The lowest BCUT2D eigenvalue weighted by Crippen LogP contribution is -2.34. The Balaban J connectivity index is 1.35. The SMILES string of the molecule is CC(F)(F)C1Nn2cc(-c3cc4ccc(OCc5ccccc5)cc4o3)nc2S1. The molecule has 5 nitrogen and oxygen atoms in total. The summed E-state index contributed by atoms with van der Waals surface area (Å²) in [5.74, 6) is -1.56. The molecule has 8 heteroatoms. The highest BCUT2D eigenvalue weighted by Gasteiger charge is 2.40. The molecule has 1 aliphatic heterocycles. The molecule has 2 aromatic heterocycles. The average molecular weight is 413 g/mol. The Labute approximate surface area is 169 Å². The number of hydrogen-bond acceptors (Lipinski definition) is 5. The van der Waals surface area contributed by atoms with Crippen molar-refractivity contribution in [2.24, 2.45) is 0 Å². The van der Waals surface area contributed by atoms with Gasteiger partial charge in [0.1, 0.15) is 23.6 Å². The van der Waals surface area contributed by atoms with E-state index in [1.807, 2.05) is 54.6 Å². The van der Waals surface area contributed by atoms with E-state index in [1.54, 1.807) is 6.20 Å². The predicted molar refractivity (Wildman–Crippen MR) is 108 cm³/mol. The highest BCUT2D eigenvalue weighted by molar-refractivity contribution is 8.00. The zero-order valence-electron chi connectivity index (χ0n) is 15.4. The Morgan fingerprint density at radius 1 is 1.21 bits per heavy atom. The van der Waals surface area contributed by atoms with Gasteiger partial charge in [0.2, 0.25) is 0 Å². The lowest BCUT2D eigenvalue weighted by Gasteiger charge is -2.17. The molecule has 148 valence electrons. The fraction of sp³-hybridized carbons (Fsp3) is 0.190. The summed E-state index contributed by atoms with van der Waals surface area (Å²) in [6, 6.07) is 17.5. The van der Waals surface area contributed by atoms with E-state index in [0.717, 1.165) is 29.6 Å². The van der Waals surface area contributed by atoms with Gasteiger partial charge in [-0.3, -0.25) is 0 Å². The van der Waals surface area contributed by atoms with Crippen molar-refractivity contribution >= 4 is 22.7 Å². The first-order valence-corrected chi connectivity index (χ1v) is 9.95. The van der Waals surface area contributed by atoms with Gasteiger partial charge >= 0.3 is 0 Å². The molecule has 0 bridgehead atoms. The first-order chi connectivity index (χ1) is 14.0. The smallest absolute Gasteiger partial charge is 0.276 e. The number of imidazole rings is 1. The first kappa shape index (κ1) is 18.1. The molecule has 1 atom stereocenters. The van der Waals surface area contributed by atoms with Crippen LogP contribution in [0.1, 0.15) is 12.5 Å². The Morgan fingerprint density at radius 3 is 2.79 bits per heavy atom. The Hall–Kier alpha value is -3.00. The molecule has 3 heterocycles. The number of aromatic nitrogens is 2. The molecule has 0 radical (unpaired) electrons. The highest BCUT2D eigenvalue weighted by Crippen LogP contribution is 2.39. The van der Waals surface area contributed by atoms with Crippen LogP contribution < -0.4 is 10.2 Å². The zero-order valence-corrected chi connectivity index (χ0v) is 16.2. The van der Waals surface area contributed by atoms with Gasteiger partial charge in [-0.15, -0.1) is 0 Å². The van der Waals surface area contributed by atoms with Crippen LogP contribution in [-0.4, -0.2) is 21.0 Å². The van der Waals surface area contributed by atoms with E-state index in [0.29, 0.717) is 34.6 Å². The minimum Gasteiger partial charge on any atom is -0.489 e. The van der Waals surface area contributed by atoms with Crippen molar-refractivity contribution in [3.05, 3.63) is 66.4 Å². The van der Waals surface area contributed by atoms with Crippen molar-refractivity contribution in [1.82, 2.24) is 9.66 Å². The lowest BCUT2D eigenvalue weighted by atomic mass is 10.2. The predicted octanol–water partition coefficient (Wildman–Crippen LogP) is 5.51. The van der Waals surface area contributed by atoms with E-state index in [-0.39, 0.29) is 0 Å². The normalized spacial score (nSPS) is 16.0. The monoisotopic (exact) mass is 413 g/mol. The summed E-state index contributed by atoms with van der Waals surface area (Å²) in [6.45, 7) is 1.36. The number of alkyl halides is 2. The molecule has 0 aliphatic carbocycles. The largest absolute Gasteiger partial charge is 0.489 e. The van der Waals surface area contributed by atoms with Crippen LogP contribution in [-0.2, 0) is 6.61 Å². The minimum absolute atomic E-state index is 0.472. The third-order valence-corrected chi connectivity index (χ3v) is 5.86. The first-order valence-electron chi connectivity index (χ1n) is 9.07. The maximum absolute atomic E-state index is 13.5. The maximum atomic E-state index is 13.5. The molecule has 1 aliphatic rings. The molecule has 29 heavy (non-hydrogen) atoms. The van der Waals surface area contributed by atoms with Crippen molar-refractivity contribution in [2.75, 3.05) is 5.43 Å². The number of furan rings is 1. The second-order valence-corrected chi connectivity index (χ2v) is 8.02. The van der Waals surface area contributed by atoms with Crippen molar-refractivity contribution in [1.29, 1.82) is 0 Å². The van der Waals surface area contributed by atoms with Crippen LogP contribution >= 0.6 is 11.8 Å². The van der Waals surface area contributed by atoms with E-state index in [4.69, 9.17) is 9.15 Å². The number of rotatable bonds is 5. The number of thioether (sulfide) groups is 1. The quantitative estimate of drug-likeness (QED) is 0.468. The summed E-state index contributed by atoms with van der Waals surface area (Å²) >= 11 is 1.00. The fourth-order valence-corrected chi connectivity index (χ4v) is 4.05. The van der Waals surface area contributed by atoms with Crippen LogP contribution in [0, 0.1) is 0 Å². The summed E-state index contributed by atoms with van der Waals surface area (Å²) in [7, 11) is 0. The fourth-order valence-electron chi connectivity index (χ4n) is 3.10. The molecule has 0 amide bonds. The van der Waals surface area contributed by atoms with Gasteiger partial charge in [-0.25, -0.2) is 18.4 Å². The molecular formula is C21H17F2N3O2S. The van der Waals surface area contributed by atoms with E-state index < -0.39 is 11.3 Å². The summed E-state index contributed by atoms with van der Waals surface area (Å²) in [5, 5.41) is 0.372. The summed E-state index contributed by atoms with van der Waals surface area (Å²) < 4.78 is 40.3. The van der Waals surface area contributed by atoms with Gasteiger partial charge in [0.15, 0.2) is 16.3 Å². The van der Waals surface area contributed by atoms with Crippen LogP contribution in [0.5, 0.6) is 5.75 Å². The molecule has 0 saturated heterocycles. The van der Waals surface area contributed by atoms with Crippen molar-refractivity contribution in [3.8, 4) is 17.2 Å². The van der Waals surface area contributed by atoms with Crippen molar-refractivity contribution in [2.45, 2.75) is 30.0 Å². The van der Waals surface area contributed by atoms with E-state index >= 15 is 0 Å². The van der Waals surface area contributed by atoms with E-state index in [2.05, 4.69) is 10.4 Å². The molecule has 4 aromatic rings. The molecule has 1 unspecified atom stereocenters. The molecule has 0 saturated carbocycles. The van der Waals surface area contributed by atoms with Crippen LogP contribution in [0.2, 0.25) is 0 Å². The summed E-state index contributed by atoms with van der Waals surface area (Å²) in [5.41, 5.74) is 5.09. The number of benzene rings is 2. The standard InChI is InChI=1S/C21H17F2N3O2S/c1-21(22,23)19-25-26-11-16(24-20(26)29-19)18-9-14-7-8-15(10-17(14)28-18)27-12-13-5-3-2-4-6-13/h2-11,19,25H,12H2,1H3. The maximum Gasteiger partial charge on any atom is 0.276 e. The molecular weight excluding hydrogens is 396 g/mol. The van der Waals surface area contributed by atoms with Crippen LogP contribution in [0.3, 0.4) is 0 Å². The second-order valence-electron chi connectivity index (χ2n) is 6.95. The Kier molecular flexibility index (Phi) is 4.24. The van der Waals surface area contributed by atoms with Gasteiger partial charge < -0.3 is 14.6 Å². The van der Waals surface area contributed by atoms with E-state index in [1.165, 1.54) is 4.68 Å². The van der Waals surface area contributed by atoms with E-state index in [9.17, 15) is 8.78 Å². The van der Waals surface area contributed by atoms with Crippen LogP contribution in [0.4, 0.5) is 8.78 Å². The molecule has 0 fully saturated rings.